The van der Waals surface area contributed by atoms with Crippen molar-refractivity contribution in [3.63, 3.8) is 0 Å². The fourth-order valence-corrected chi connectivity index (χ4v) is 3.10. The van der Waals surface area contributed by atoms with E-state index >= 15 is 0 Å². The third-order valence-electron chi connectivity index (χ3n) is 4.70. The zero-order chi connectivity index (χ0) is 19.8. The zero-order valence-electron chi connectivity index (χ0n) is 15.9. The second-order valence-electron chi connectivity index (χ2n) is 6.42. The number of nitrogens with zero attached hydrogens (tertiary/aromatic N) is 3. The van der Waals surface area contributed by atoms with E-state index in [2.05, 4.69) is 9.64 Å². The van der Waals surface area contributed by atoms with Crippen LogP contribution in [0.4, 0.5) is 8.78 Å². The van der Waals surface area contributed by atoms with Gasteiger partial charge in [-0.2, -0.15) is 8.78 Å². The van der Waals surface area contributed by atoms with Crippen LogP contribution in [0, 0.1) is 0 Å². The Morgan fingerprint density at radius 2 is 1.67 bits per heavy atom. The molecular formula is C19H27F2N3O3. The van der Waals surface area contributed by atoms with Gasteiger partial charge in [0.25, 0.3) is 0 Å². The number of halogens is 2. The first-order valence-corrected chi connectivity index (χ1v) is 9.24. The third kappa shape index (κ3) is 6.46. The van der Waals surface area contributed by atoms with E-state index in [1.54, 1.807) is 21.9 Å². The molecule has 0 aliphatic carbocycles. The molecule has 2 rings (SSSR count). The SMILES string of the molecule is CCN(CC)C(=O)CN1CCN(C(=O)Cc2ccc(OC(F)F)cc2)CC1. The number of piperazine rings is 1. The maximum atomic E-state index is 12.4. The number of rotatable bonds is 8. The molecule has 1 aromatic rings. The number of alkyl halides is 2. The van der Waals surface area contributed by atoms with E-state index in [1.165, 1.54) is 12.1 Å². The summed E-state index contributed by atoms with van der Waals surface area (Å²) in [6.07, 6.45) is 0.216. The summed E-state index contributed by atoms with van der Waals surface area (Å²) >= 11 is 0. The summed E-state index contributed by atoms with van der Waals surface area (Å²) in [6.45, 7) is 5.35. The van der Waals surface area contributed by atoms with Crippen molar-refractivity contribution in [2.24, 2.45) is 0 Å². The fourth-order valence-electron chi connectivity index (χ4n) is 3.10. The largest absolute Gasteiger partial charge is 0.435 e. The maximum Gasteiger partial charge on any atom is 0.387 e. The van der Waals surface area contributed by atoms with Crippen LogP contribution < -0.4 is 4.74 Å². The van der Waals surface area contributed by atoms with Crippen LogP contribution in [0.25, 0.3) is 0 Å². The number of hydrogen-bond donors (Lipinski definition) is 0. The topological polar surface area (TPSA) is 53.1 Å². The Bertz CT molecular complexity index is 613. The lowest BCUT2D eigenvalue weighted by Crippen LogP contribution is -2.51. The van der Waals surface area contributed by atoms with Crippen LogP contribution in [0.1, 0.15) is 19.4 Å². The molecule has 1 aliphatic rings. The van der Waals surface area contributed by atoms with Gasteiger partial charge < -0.3 is 14.5 Å². The summed E-state index contributed by atoms with van der Waals surface area (Å²) < 4.78 is 28.6. The molecule has 8 heteroatoms. The van der Waals surface area contributed by atoms with Crippen molar-refractivity contribution in [2.45, 2.75) is 26.9 Å². The van der Waals surface area contributed by atoms with Crippen LogP contribution in [0.15, 0.2) is 24.3 Å². The summed E-state index contributed by atoms with van der Waals surface area (Å²) in [5.74, 6) is 0.186. The second-order valence-corrected chi connectivity index (χ2v) is 6.42. The van der Waals surface area contributed by atoms with E-state index < -0.39 is 6.61 Å². The minimum absolute atomic E-state index is 0.00718. The molecule has 1 aromatic carbocycles. The van der Waals surface area contributed by atoms with Crippen molar-refractivity contribution < 1.29 is 23.1 Å². The van der Waals surface area contributed by atoms with Crippen LogP contribution in [0.5, 0.6) is 5.75 Å². The standard InChI is InChI=1S/C19H27F2N3O3/c1-3-23(4-2)18(26)14-22-9-11-24(12-10-22)17(25)13-15-5-7-16(8-6-15)27-19(20)21/h5-8,19H,3-4,9-14H2,1-2H3. The molecule has 0 bridgehead atoms. The third-order valence-corrected chi connectivity index (χ3v) is 4.70. The molecule has 0 spiro atoms. The molecular weight excluding hydrogens is 356 g/mol. The van der Waals surface area contributed by atoms with Crippen LogP contribution in [-0.2, 0) is 16.0 Å². The van der Waals surface area contributed by atoms with Gasteiger partial charge in [0, 0.05) is 39.3 Å². The Hall–Kier alpha value is -2.22. The predicted octanol–water partition coefficient (Wildman–Crippen LogP) is 1.84. The fraction of sp³-hybridized carbons (Fsp3) is 0.579. The number of benzene rings is 1. The van der Waals surface area contributed by atoms with Gasteiger partial charge in [-0.1, -0.05) is 12.1 Å². The molecule has 0 unspecified atom stereocenters. The van der Waals surface area contributed by atoms with Crippen molar-refractivity contribution >= 4 is 11.8 Å². The molecule has 2 amide bonds. The van der Waals surface area contributed by atoms with Crippen molar-refractivity contribution in [2.75, 3.05) is 45.8 Å². The molecule has 0 atom stereocenters. The van der Waals surface area contributed by atoms with E-state index in [9.17, 15) is 18.4 Å². The van der Waals surface area contributed by atoms with E-state index in [1.807, 2.05) is 13.8 Å². The lowest BCUT2D eigenvalue weighted by molar-refractivity contribution is -0.134. The molecule has 0 N–H and O–H groups in total. The normalized spacial score (nSPS) is 15.1. The molecule has 1 fully saturated rings. The minimum atomic E-state index is -2.86. The van der Waals surface area contributed by atoms with E-state index in [0.717, 1.165) is 5.56 Å². The van der Waals surface area contributed by atoms with Gasteiger partial charge in [0.15, 0.2) is 0 Å². The molecule has 1 aliphatic heterocycles. The number of carbonyl (C=O) groups is 2. The maximum absolute atomic E-state index is 12.4. The molecule has 27 heavy (non-hydrogen) atoms. The van der Waals surface area contributed by atoms with Gasteiger partial charge >= 0.3 is 6.61 Å². The van der Waals surface area contributed by atoms with Gasteiger partial charge in [0.2, 0.25) is 11.8 Å². The molecule has 1 heterocycles. The zero-order valence-corrected chi connectivity index (χ0v) is 15.9. The van der Waals surface area contributed by atoms with Crippen molar-refractivity contribution in [1.82, 2.24) is 14.7 Å². The average molecular weight is 383 g/mol. The number of carbonyl (C=O) groups excluding carboxylic acids is 2. The molecule has 0 radical (unpaired) electrons. The molecule has 0 saturated carbocycles. The van der Waals surface area contributed by atoms with Crippen molar-refractivity contribution in [1.29, 1.82) is 0 Å². The van der Waals surface area contributed by atoms with Gasteiger partial charge in [-0.05, 0) is 31.5 Å². The van der Waals surface area contributed by atoms with Gasteiger partial charge in [0.05, 0.1) is 13.0 Å². The number of likely N-dealkylation sites (N-methyl/N-ethyl adjacent to an activating group) is 1. The average Bonchev–Trinajstić information content (AvgIpc) is 2.64. The smallest absolute Gasteiger partial charge is 0.387 e. The lowest BCUT2D eigenvalue weighted by atomic mass is 10.1. The van der Waals surface area contributed by atoms with E-state index in [0.29, 0.717) is 45.8 Å². The highest BCUT2D eigenvalue weighted by Gasteiger charge is 2.23. The molecule has 6 nitrogen and oxygen atoms in total. The number of hydrogen-bond acceptors (Lipinski definition) is 4. The molecule has 150 valence electrons. The lowest BCUT2D eigenvalue weighted by Gasteiger charge is -2.35. The Morgan fingerprint density at radius 1 is 1.07 bits per heavy atom. The Kier molecular flexibility index (Phi) is 7.97. The Balaban J connectivity index is 1.78. The highest BCUT2D eigenvalue weighted by molar-refractivity contribution is 5.79. The van der Waals surface area contributed by atoms with E-state index in [-0.39, 0.29) is 24.0 Å². The van der Waals surface area contributed by atoms with Gasteiger partial charge in [-0.3, -0.25) is 14.5 Å². The van der Waals surface area contributed by atoms with Crippen LogP contribution in [0.3, 0.4) is 0 Å². The summed E-state index contributed by atoms with van der Waals surface area (Å²) in [5, 5.41) is 0. The summed E-state index contributed by atoms with van der Waals surface area (Å²) in [5.41, 5.74) is 0.751. The Labute approximate surface area is 158 Å². The summed E-state index contributed by atoms with van der Waals surface area (Å²) in [6, 6.07) is 6.11. The first kappa shape index (κ1) is 21.1. The molecule has 1 saturated heterocycles. The van der Waals surface area contributed by atoms with Gasteiger partial charge in [-0.25, -0.2) is 0 Å². The van der Waals surface area contributed by atoms with Crippen LogP contribution in [-0.4, -0.2) is 78.9 Å². The second kappa shape index (κ2) is 10.2. The van der Waals surface area contributed by atoms with Gasteiger partial charge in [0.1, 0.15) is 5.75 Å². The van der Waals surface area contributed by atoms with Crippen LogP contribution in [0.2, 0.25) is 0 Å². The summed E-state index contributed by atoms with van der Waals surface area (Å²) in [4.78, 5) is 30.3. The predicted molar refractivity (Wildman–Crippen MR) is 97.7 cm³/mol. The quantitative estimate of drug-likeness (QED) is 0.688. The van der Waals surface area contributed by atoms with Crippen molar-refractivity contribution in [3.05, 3.63) is 29.8 Å². The Morgan fingerprint density at radius 3 is 2.19 bits per heavy atom. The number of amides is 2. The highest BCUT2D eigenvalue weighted by atomic mass is 19.3. The number of ether oxygens (including phenoxy) is 1. The van der Waals surface area contributed by atoms with Crippen LogP contribution >= 0.6 is 0 Å². The van der Waals surface area contributed by atoms with E-state index in [4.69, 9.17) is 0 Å². The highest BCUT2D eigenvalue weighted by Crippen LogP contribution is 2.16. The first-order chi connectivity index (χ1) is 12.9. The van der Waals surface area contributed by atoms with Gasteiger partial charge in [-0.15, -0.1) is 0 Å². The minimum Gasteiger partial charge on any atom is -0.435 e. The van der Waals surface area contributed by atoms with Crippen molar-refractivity contribution in [3.8, 4) is 5.75 Å². The summed E-state index contributed by atoms with van der Waals surface area (Å²) in [7, 11) is 0. The first-order valence-electron chi connectivity index (χ1n) is 9.24. The monoisotopic (exact) mass is 383 g/mol. The molecule has 0 aromatic heterocycles.